The summed E-state index contributed by atoms with van der Waals surface area (Å²) in [4.78, 5) is 25.2. The van der Waals surface area contributed by atoms with E-state index in [2.05, 4.69) is 20.0 Å². The van der Waals surface area contributed by atoms with Gasteiger partial charge in [-0.1, -0.05) is 6.07 Å². The summed E-state index contributed by atoms with van der Waals surface area (Å²) in [5.74, 6) is 1.40. The number of anilines is 1. The second-order valence-electron chi connectivity index (χ2n) is 7.06. The maximum absolute atomic E-state index is 13.8. The Kier molecular flexibility index (Phi) is 5.28. The molecule has 1 fully saturated rings. The fraction of sp³-hybridized carbons (Fsp3) is 0.400. The molecule has 4 rings (SSSR count). The molecule has 152 valence electrons. The lowest BCUT2D eigenvalue weighted by atomic mass is 10.1. The SMILES string of the molecule is COc1ccc(CCC(=O)N2CCN(c3cc(C)nc4ncnn34)CC2)cc1F. The molecule has 3 aromatic rings. The molecule has 1 aromatic carbocycles. The first-order chi connectivity index (χ1) is 14.0. The molecular formula is C20H23FN6O2. The van der Waals surface area contributed by atoms with Gasteiger partial charge in [-0.2, -0.15) is 14.6 Å². The summed E-state index contributed by atoms with van der Waals surface area (Å²) in [5.41, 5.74) is 1.67. The van der Waals surface area contributed by atoms with Crippen molar-refractivity contribution >= 4 is 17.5 Å². The molecule has 0 spiro atoms. The van der Waals surface area contributed by atoms with E-state index in [1.54, 1.807) is 16.6 Å². The molecule has 0 saturated carbocycles. The van der Waals surface area contributed by atoms with Gasteiger partial charge in [-0.3, -0.25) is 4.79 Å². The Bertz CT molecular complexity index is 1030. The van der Waals surface area contributed by atoms with Gasteiger partial charge in [0.2, 0.25) is 5.91 Å². The molecular weight excluding hydrogens is 375 g/mol. The Morgan fingerprint density at radius 3 is 2.72 bits per heavy atom. The highest BCUT2D eigenvalue weighted by Gasteiger charge is 2.23. The van der Waals surface area contributed by atoms with E-state index in [1.807, 2.05) is 17.9 Å². The molecule has 9 heteroatoms. The fourth-order valence-corrected chi connectivity index (χ4v) is 3.60. The Hall–Kier alpha value is -3.23. The fourth-order valence-electron chi connectivity index (χ4n) is 3.60. The molecule has 0 atom stereocenters. The Balaban J connectivity index is 1.35. The van der Waals surface area contributed by atoms with Gasteiger partial charge in [-0.25, -0.2) is 9.37 Å². The number of methoxy groups -OCH3 is 1. The molecule has 0 N–H and O–H groups in total. The smallest absolute Gasteiger partial charge is 0.254 e. The first-order valence-corrected chi connectivity index (χ1v) is 9.57. The minimum atomic E-state index is -0.405. The summed E-state index contributed by atoms with van der Waals surface area (Å²) < 4.78 is 20.5. The van der Waals surface area contributed by atoms with Crippen LogP contribution in [0.1, 0.15) is 17.7 Å². The molecule has 1 amide bonds. The molecule has 3 heterocycles. The van der Waals surface area contributed by atoms with Crippen molar-refractivity contribution in [2.75, 3.05) is 38.2 Å². The van der Waals surface area contributed by atoms with Gasteiger partial charge in [-0.05, 0) is 31.0 Å². The van der Waals surface area contributed by atoms with Gasteiger partial charge in [-0.15, -0.1) is 0 Å². The molecule has 0 unspecified atom stereocenters. The van der Waals surface area contributed by atoms with Crippen molar-refractivity contribution in [1.29, 1.82) is 0 Å². The predicted molar refractivity (Wildman–Crippen MR) is 106 cm³/mol. The van der Waals surface area contributed by atoms with Gasteiger partial charge in [0.05, 0.1) is 7.11 Å². The van der Waals surface area contributed by atoms with E-state index in [1.165, 1.54) is 19.5 Å². The highest BCUT2D eigenvalue weighted by atomic mass is 19.1. The average molecular weight is 398 g/mol. The van der Waals surface area contributed by atoms with Crippen molar-refractivity contribution in [1.82, 2.24) is 24.5 Å². The van der Waals surface area contributed by atoms with Crippen molar-refractivity contribution in [3.05, 3.63) is 47.7 Å². The number of carbonyl (C=O) groups is 1. The standard InChI is InChI=1S/C20H23FN6O2/c1-14-11-18(27-20(24-14)22-13-23-27)25-7-9-26(10-8-25)19(28)6-4-15-3-5-17(29-2)16(21)12-15/h3,5,11-13H,4,6-10H2,1-2H3. The lowest BCUT2D eigenvalue weighted by Gasteiger charge is -2.36. The molecule has 1 saturated heterocycles. The molecule has 8 nitrogen and oxygen atoms in total. The second kappa shape index (κ2) is 8.02. The van der Waals surface area contributed by atoms with E-state index in [-0.39, 0.29) is 11.7 Å². The quantitative estimate of drug-likeness (QED) is 0.653. The number of ether oxygens (including phenoxy) is 1. The predicted octanol–water partition coefficient (Wildman–Crippen LogP) is 1.86. The molecule has 0 aliphatic carbocycles. The van der Waals surface area contributed by atoms with Crippen LogP contribution in [0.5, 0.6) is 5.75 Å². The highest BCUT2D eigenvalue weighted by molar-refractivity contribution is 5.76. The molecule has 29 heavy (non-hydrogen) atoms. The van der Waals surface area contributed by atoms with E-state index in [9.17, 15) is 9.18 Å². The third-order valence-corrected chi connectivity index (χ3v) is 5.16. The minimum Gasteiger partial charge on any atom is -0.494 e. The first-order valence-electron chi connectivity index (χ1n) is 9.57. The zero-order valence-electron chi connectivity index (χ0n) is 16.5. The van der Waals surface area contributed by atoms with Gasteiger partial charge in [0.25, 0.3) is 5.78 Å². The third kappa shape index (κ3) is 3.98. The number of amides is 1. The van der Waals surface area contributed by atoms with E-state index in [0.29, 0.717) is 44.8 Å². The lowest BCUT2D eigenvalue weighted by molar-refractivity contribution is -0.131. The van der Waals surface area contributed by atoms with Crippen LogP contribution in [0.15, 0.2) is 30.6 Å². The number of halogens is 1. The van der Waals surface area contributed by atoms with Crippen LogP contribution in [-0.4, -0.2) is 63.7 Å². The summed E-state index contributed by atoms with van der Waals surface area (Å²) in [6.45, 7) is 4.61. The first kappa shape index (κ1) is 19.1. The summed E-state index contributed by atoms with van der Waals surface area (Å²) in [6.07, 6.45) is 2.35. The van der Waals surface area contributed by atoms with Crippen LogP contribution in [0.4, 0.5) is 10.2 Å². The average Bonchev–Trinajstić information content (AvgIpc) is 3.20. The Labute approximate surface area is 167 Å². The summed E-state index contributed by atoms with van der Waals surface area (Å²) in [5, 5.41) is 4.25. The number of rotatable bonds is 5. The maximum atomic E-state index is 13.8. The summed E-state index contributed by atoms with van der Waals surface area (Å²) >= 11 is 0. The number of hydrogen-bond acceptors (Lipinski definition) is 6. The summed E-state index contributed by atoms with van der Waals surface area (Å²) in [7, 11) is 1.43. The second-order valence-corrected chi connectivity index (χ2v) is 7.06. The summed E-state index contributed by atoms with van der Waals surface area (Å²) in [6, 6.07) is 6.80. The number of hydrogen-bond donors (Lipinski definition) is 0. The van der Waals surface area contributed by atoms with E-state index in [4.69, 9.17) is 4.74 Å². The van der Waals surface area contributed by atoms with Crippen LogP contribution in [0, 0.1) is 12.7 Å². The molecule has 1 aliphatic rings. The van der Waals surface area contributed by atoms with Crippen LogP contribution in [0.2, 0.25) is 0 Å². The largest absolute Gasteiger partial charge is 0.494 e. The Morgan fingerprint density at radius 1 is 1.21 bits per heavy atom. The number of nitrogens with zero attached hydrogens (tertiary/aromatic N) is 6. The van der Waals surface area contributed by atoms with E-state index < -0.39 is 5.82 Å². The normalized spacial score (nSPS) is 14.4. The molecule has 0 bridgehead atoms. The van der Waals surface area contributed by atoms with Gasteiger partial charge in [0, 0.05) is 44.4 Å². The van der Waals surface area contributed by atoms with Crippen LogP contribution >= 0.6 is 0 Å². The Morgan fingerprint density at radius 2 is 2.00 bits per heavy atom. The number of piperazine rings is 1. The van der Waals surface area contributed by atoms with Gasteiger partial charge in [0.15, 0.2) is 11.6 Å². The van der Waals surface area contributed by atoms with Crippen LogP contribution in [-0.2, 0) is 11.2 Å². The van der Waals surface area contributed by atoms with Crippen molar-refractivity contribution in [3.63, 3.8) is 0 Å². The molecule has 1 aliphatic heterocycles. The maximum Gasteiger partial charge on any atom is 0.254 e. The molecule has 0 radical (unpaired) electrons. The van der Waals surface area contributed by atoms with Gasteiger partial charge in [0.1, 0.15) is 12.1 Å². The third-order valence-electron chi connectivity index (χ3n) is 5.16. The topological polar surface area (TPSA) is 75.9 Å². The number of benzene rings is 1. The van der Waals surface area contributed by atoms with Crippen molar-refractivity contribution in [2.24, 2.45) is 0 Å². The zero-order valence-corrected chi connectivity index (χ0v) is 16.5. The number of aryl methyl sites for hydroxylation is 2. The number of carbonyl (C=O) groups excluding carboxylic acids is 1. The monoisotopic (exact) mass is 398 g/mol. The zero-order chi connectivity index (χ0) is 20.4. The number of fused-ring (bicyclic) bond motifs is 1. The minimum absolute atomic E-state index is 0.0812. The van der Waals surface area contributed by atoms with Gasteiger partial charge >= 0.3 is 0 Å². The van der Waals surface area contributed by atoms with Crippen molar-refractivity contribution in [3.8, 4) is 5.75 Å². The van der Waals surface area contributed by atoms with Gasteiger partial charge < -0.3 is 14.5 Å². The van der Waals surface area contributed by atoms with Crippen LogP contribution in [0.3, 0.4) is 0 Å². The van der Waals surface area contributed by atoms with Crippen LogP contribution in [0.25, 0.3) is 5.78 Å². The molecule has 2 aromatic heterocycles. The van der Waals surface area contributed by atoms with E-state index in [0.717, 1.165) is 17.1 Å². The van der Waals surface area contributed by atoms with Crippen molar-refractivity contribution < 1.29 is 13.9 Å². The lowest BCUT2D eigenvalue weighted by Crippen LogP contribution is -2.49. The number of aromatic nitrogens is 4. The highest BCUT2D eigenvalue weighted by Crippen LogP contribution is 2.20. The van der Waals surface area contributed by atoms with Crippen molar-refractivity contribution in [2.45, 2.75) is 19.8 Å². The van der Waals surface area contributed by atoms with Crippen LogP contribution < -0.4 is 9.64 Å². The van der Waals surface area contributed by atoms with E-state index >= 15 is 0 Å².